The lowest BCUT2D eigenvalue weighted by Gasteiger charge is -2.13. The van der Waals surface area contributed by atoms with Gasteiger partial charge < -0.3 is 15.5 Å². The molecule has 0 fully saturated rings. The van der Waals surface area contributed by atoms with Crippen molar-refractivity contribution >= 4 is 23.2 Å². The summed E-state index contributed by atoms with van der Waals surface area (Å²) >= 11 is 1.69. The van der Waals surface area contributed by atoms with Gasteiger partial charge in [-0.05, 0) is 18.4 Å². The summed E-state index contributed by atoms with van der Waals surface area (Å²) in [6, 6.07) is 4.08. The summed E-state index contributed by atoms with van der Waals surface area (Å²) in [6.45, 7) is 4.08. The molecule has 0 aliphatic heterocycles. The van der Waals surface area contributed by atoms with Crippen LogP contribution in [0.1, 0.15) is 18.2 Å². The number of amides is 1. The van der Waals surface area contributed by atoms with E-state index in [2.05, 4.69) is 21.7 Å². The number of rotatable bonds is 6. The molecule has 0 bridgehead atoms. The first-order valence-electron chi connectivity index (χ1n) is 6.38. The molecule has 1 aromatic rings. The highest BCUT2D eigenvalue weighted by atomic mass is 32.1. The van der Waals surface area contributed by atoms with Gasteiger partial charge in [0.2, 0.25) is 5.91 Å². The Kier molecular flexibility index (Phi) is 6.95. The van der Waals surface area contributed by atoms with Gasteiger partial charge in [-0.15, -0.1) is 11.3 Å². The van der Waals surface area contributed by atoms with Crippen molar-refractivity contribution in [1.29, 1.82) is 0 Å². The number of carbonyl (C=O) groups excluding carboxylic acids is 1. The van der Waals surface area contributed by atoms with Crippen LogP contribution in [0.3, 0.4) is 0 Å². The highest BCUT2D eigenvalue weighted by Gasteiger charge is 2.04. The number of nitrogens with zero attached hydrogens (tertiary/aromatic N) is 2. The molecule has 0 aliphatic rings. The van der Waals surface area contributed by atoms with Crippen LogP contribution in [0.25, 0.3) is 0 Å². The first-order chi connectivity index (χ1) is 9.13. The largest absolute Gasteiger partial charge is 0.357 e. The molecule has 5 nitrogen and oxygen atoms in total. The number of thiophene rings is 1. The number of hydrogen-bond acceptors (Lipinski definition) is 3. The first kappa shape index (κ1) is 15.5. The van der Waals surface area contributed by atoms with Gasteiger partial charge in [0.15, 0.2) is 5.96 Å². The van der Waals surface area contributed by atoms with E-state index in [1.807, 2.05) is 18.4 Å². The summed E-state index contributed by atoms with van der Waals surface area (Å²) in [5.74, 6) is 0.865. The molecule has 1 heterocycles. The van der Waals surface area contributed by atoms with Gasteiger partial charge in [-0.1, -0.05) is 6.07 Å². The second-order valence-corrected chi connectivity index (χ2v) is 5.27. The van der Waals surface area contributed by atoms with E-state index >= 15 is 0 Å². The number of aliphatic imine (C=N–C) groups is 1. The number of nitrogens with one attached hydrogen (secondary N) is 2. The fraction of sp³-hybridized carbons (Fsp3) is 0.538. The average molecular weight is 282 g/mol. The zero-order valence-corrected chi connectivity index (χ0v) is 12.6. The predicted octanol–water partition coefficient (Wildman–Crippen LogP) is 1.28. The molecule has 6 heteroatoms. The molecule has 0 saturated heterocycles. The van der Waals surface area contributed by atoms with Gasteiger partial charge in [-0.2, -0.15) is 0 Å². The van der Waals surface area contributed by atoms with Crippen LogP contribution >= 0.6 is 11.3 Å². The van der Waals surface area contributed by atoms with Crippen molar-refractivity contribution in [3.8, 4) is 0 Å². The van der Waals surface area contributed by atoms with Crippen LogP contribution in [0.15, 0.2) is 22.5 Å². The Morgan fingerprint density at radius 3 is 2.79 bits per heavy atom. The molecule has 0 aliphatic carbocycles. The summed E-state index contributed by atoms with van der Waals surface area (Å²) in [5, 5.41) is 8.37. The van der Waals surface area contributed by atoms with Crippen molar-refractivity contribution in [3.05, 3.63) is 22.4 Å². The second-order valence-electron chi connectivity index (χ2n) is 4.24. The Labute approximate surface area is 118 Å². The van der Waals surface area contributed by atoms with Crippen LogP contribution in [0.4, 0.5) is 0 Å². The van der Waals surface area contributed by atoms with Crippen LogP contribution in [-0.2, 0) is 11.3 Å². The van der Waals surface area contributed by atoms with Gasteiger partial charge in [0.25, 0.3) is 0 Å². The summed E-state index contributed by atoms with van der Waals surface area (Å²) in [5.41, 5.74) is 0. The summed E-state index contributed by atoms with van der Waals surface area (Å²) in [7, 11) is 3.52. The molecular formula is C13H22N4OS. The minimum Gasteiger partial charge on any atom is -0.357 e. The quantitative estimate of drug-likeness (QED) is 0.610. The summed E-state index contributed by atoms with van der Waals surface area (Å²) in [4.78, 5) is 18.8. The standard InChI is InChI=1S/C13H22N4OS/c1-4-14-13(15-8-7-12(18)17(2)3)16-10-11-6-5-9-19-11/h5-6,9H,4,7-8,10H2,1-3H3,(H2,14,15,16). The van der Waals surface area contributed by atoms with E-state index in [1.54, 1.807) is 30.3 Å². The van der Waals surface area contributed by atoms with Crippen LogP contribution < -0.4 is 10.6 Å². The SMILES string of the molecule is CCNC(=NCc1cccs1)NCCC(=O)N(C)C. The number of hydrogen-bond donors (Lipinski definition) is 2. The van der Waals surface area contributed by atoms with E-state index in [1.165, 1.54) is 4.88 Å². The topological polar surface area (TPSA) is 56.7 Å². The van der Waals surface area contributed by atoms with E-state index in [0.717, 1.165) is 12.5 Å². The normalized spacial score (nSPS) is 11.2. The lowest BCUT2D eigenvalue weighted by Crippen LogP contribution is -2.39. The Balaban J connectivity index is 2.39. The van der Waals surface area contributed by atoms with Crippen molar-refractivity contribution in [2.45, 2.75) is 19.9 Å². The molecule has 0 saturated carbocycles. The third-order valence-electron chi connectivity index (χ3n) is 2.45. The zero-order valence-electron chi connectivity index (χ0n) is 11.8. The molecule has 0 spiro atoms. The van der Waals surface area contributed by atoms with Crippen molar-refractivity contribution in [2.24, 2.45) is 4.99 Å². The number of carbonyl (C=O) groups is 1. The Bertz CT molecular complexity index is 401. The molecule has 1 amide bonds. The van der Waals surface area contributed by atoms with Crippen LogP contribution in [0.5, 0.6) is 0 Å². The average Bonchev–Trinajstić information content (AvgIpc) is 2.88. The second kappa shape index (κ2) is 8.53. The van der Waals surface area contributed by atoms with Gasteiger partial charge in [-0.25, -0.2) is 4.99 Å². The molecule has 19 heavy (non-hydrogen) atoms. The van der Waals surface area contributed by atoms with Gasteiger partial charge in [0.1, 0.15) is 0 Å². The highest BCUT2D eigenvalue weighted by Crippen LogP contribution is 2.09. The lowest BCUT2D eigenvalue weighted by atomic mass is 10.4. The molecule has 1 rings (SSSR count). The highest BCUT2D eigenvalue weighted by molar-refractivity contribution is 7.09. The summed E-state index contributed by atoms with van der Waals surface area (Å²) in [6.07, 6.45) is 0.469. The molecule has 0 unspecified atom stereocenters. The number of guanidine groups is 1. The van der Waals surface area contributed by atoms with Crippen molar-refractivity contribution in [3.63, 3.8) is 0 Å². The monoisotopic (exact) mass is 282 g/mol. The smallest absolute Gasteiger partial charge is 0.223 e. The maximum atomic E-state index is 11.5. The third kappa shape index (κ3) is 6.24. The fourth-order valence-corrected chi connectivity index (χ4v) is 2.04. The van der Waals surface area contributed by atoms with Gasteiger partial charge in [0.05, 0.1) is 6.54 Å². The van der Waals surface area contributed by atoms with Crippen LogP contribution in [0, 0.1) is 0 Å². The van der Waals surface area contributed by atoms with Gasteiger partial charge in [0, 0.05) is 38.5 Å². The molecule has 1 aromatic heterocycles. The fourth-order valence-electron chi connectivity index (χ4n) is 1.41. The predicted molar refractivity (Wildman–Crippen MR) is 80.4 cm³/mol. The van der Waals surface area contributed by atoms with Crippen molar-refractivity contribution in [1.82, 2.24) is 15.5 Å². The molecule has 0 atom stereocenters. The van der Waals surface area contributed by atoms with E-state index in [0.29, 0.717) is 19.5 Å². The Hall–Kier alpha value is -1.56. The van der Waals surface area contributed by atoms with Crippen molar-refractivity contribution in [2.75, 3.05) is 27.2 Å². The van der Waals surface area contributed by atoms with Gasteiger partial charge in [-0.3, -0.25) is 4.79 Å². The third-order valence-corrected chi connectivity index (χ3v) is 3.31. The molecule has 2 N–H and O–H groups in total. The molecule has 106 valence electrons. The molecule has 0 aromatic carbocycles. The van der Waals surface area contributed by atoms with Gasteiger partial charge >= 0.3 is 0 Å². The lowest BCUT2D eigenvalue weighted by molar-refractivity contribution is -0.128. The van der Waals surface area contributed by atoms with Crippen LogP contribution in [0.2, 0.25) is 0 Å². The Morgan fingerprint density at radius 2 is 2.21 bits per heavy atom. The molecule has 0 radical (unpaired) electrons. The zero-order chi connectivity index (χ0) is 14.1. The van der Waals surface area contributed by atoms with Crippen molar-refractivity contribution < 1.29 is 4.79 Å². The minimum atomic E-state index is 0.113. The Morgan fingerprint density at radius 1 is 1.42 bits per heavy atom. The summed E-state index contributed by atoms with van der Waals surface area (Å²) < 4.78 is 0. The maximum Gasteiger partial charge on any atom is 0.223 e. The molecular weight excluding hydrogens is 260 g/mol. The van der Waals surface area contributed by atoms with E-state index in [9.17, 15) is 4.79 Å². The maximum absolute atomic E-state index is 11.5. The first-order valence-corrected chi connectivity index (χ1v) is 7.26. The minimum absolute atomic E-state index is 0.113. The van der Waals surface area contributed by atoms with E-state index in [-0.39, 0.29) is 5.91 Å². The van der Waals surface area contributed by atoms with E-state index in [4.69, 9.17) is 0 Å². The van der Waals surface area contributed by atoms with Crippen LogP contribution in [-0.4, -0.2) is 44.0 Å². The van der Waals surface area contributed by atoms with E-state index < -0.39 is 0 Å².